The van der Waals surface area contributed by atoms with Gasteiger partial charge in [0.25, 0.3) is 0 Å². The fourth-order valence-electron chi connectivity index (χ4n) is 1.22. The Morgan fingerprint density at radius 2 is 2.38 bits per heavy atom. The van der Waals surface area contributed by atoms with E-state index < -0.39 is 0 Å². The van der Waals surface area contributed by atoms with E-state index in [1.807, 2.05) is 0 Å². The number of nitrogens with zero attached hydrogens (tertiary/aromatic N) is 1. The zero-order valence-corrected chi connectivity index (χ0v) is 9.51. The molecule has 0 aromatic heterocycles. The highest BCUT2D eigenvalue weighted by molar-refractivity contribution is 9.11. The lowest BCUT2D eigenvalue weighted by molar-refractivity contribution is 0.176. The standard InChI is InChI=1S/C7H13BrClN3O/c8-6(10)7(9)12(11)3-5-1-2-13-4-5/h5H,1-4,10-11H2/b7-6-. The first-order chi connectivity index (χ1) is 6.11. The Kier molecular flexibility index (Phi) is 4.31. The smallest absolute Gasteiger partial charge is 0.149 e. The molecule has 0 aromatic carbocycles. The van der Waals surface area contributed by atoms with E-state index >= 15 is 0 Å². The summed E-state index contributed by atoms with van der Waals surface area (Å²) in [4.78, 5) is 0. The van der Waals surface area contributed by atoms with Crippen molar-refractivity contribution < 1.29 is 4.74 Å². The third-order valence-corrected chi connectivity index (χ3v) is 2.95. The highest BCUT2D eigenvalue weighted by atomic mass is 79.9. The van der Waals surface area contributed by atoms with Crippen molar-refractivity contribution >= 4 is 27.5 Å². The van der Waals surface area contributed by atoms with Gasteiger partial charge in [-0.25, -0.2) is 5.84 Å². The maximum atomic E-state index is 5.81. The van der Waals surface area contributed by atoms with Crippen LogP contribution < -0.4 is 11.6 Å². The predicted molar refractivity (Wildman–Crippen MR) is 55.8 cm³/mol. The SMILES string of the molecule is N/C(Br)=C(/Cl)N(N)CC1CCOC1. The molecule has 0 aromatic rings. The molecule has 6 heteroatoms. The van der Waals surface area contributed by atoms with Crippen molar-refractivity contribution in [2.75, 3.05) is 19.8 Å². The van der Waals surface area contributed by atoms with E-state index in [1.54, 1.807) is 0 Å². The zero-order valence-electron chi connectivity index (χ0n) is 7.17. The maximum Gasteiger partial charge on any atom is 0.149 e. The summed E-state index contributed by atoms with van der Waals surface area (Å²) in [6.45, 7) is 2.23. The first-order valence-corrected chi connectivity index (χ1v) is 5.19. The van der Waals surface area contributed by atoms with E-state index in [0.29, 0.717) is 22.2 Å². The van der Waals surface area contributed by atoms with Crippen molar-refractivity contribution in [3.63, 3.8) is 0 Å². The summed E-state index contributed by atoms with van der Waals surface area (Å²) in [5, 5.41) is 1.78. The number of hydrogen-bond acceptors (Lipinski definition) is 4. The maximum absolute atomic E-state index is 5.81. The molecule has 1 heterocycles. The highest BCUT2D eigenvalue weighted by Crippen LogP contribution is 2.18. The first kappa shape index (κ1) is 11.1. The second-order valence-electron chi connectivity index (χ2n) is 3.02. The van der Waals surface area contributed by atoms with E-state index in [4.69, 9.17) is 27.9 Å². The molecule has 1 rings (SSSR count). The van der Waals surface area contributed by atoms with Gasteiger partial charge < -0.3 is 10.5 Å². The summed E-state index contributed by atoms with van der Waals surface area (Å²) in [5.41, 5.74) is 5.42. The Morgan fingerprint density at radius 1 is 1.69 bits per heavy atom. The molecule has 1 saturated heterocycles. The predicted octanol–water partition coefficient (Wildman–Crippen LogP) is 0.918. The van der Waals surface area contributed by atoms with Gasteiger partial charge in [0.15, 0.2) is 0 Å². The van der Waals surface area contributed by atoms with Crippen molar-refractivity contribution in [2.24, 2.45) is 17.5 Å². The molecule has 1 aliphatic heterocycles. The molecule has 0 bridgehead atoms. The second-order valence-corrected chi connectivity index (χ2v) is 4.23. The molecule has 4 N–H and O–H groups in total. The van der Waals surface area contributed by atoms with Gasteiger partial charge in [-0.3, -0.25) is 5.01 Å². The quantitative estimate of drug-likeness (QED) is 0.455. The molecular weight excluding hydrogens is 257 g/mol. The molecule has 0 amide bonds. The summed E-state index contributed by atoms with van der Waals surface area (Å²) in [6.07, 6.45) is 1.03. The van der Waals surface area contributed by atoms with Crippen LogP contribution in [0.5, 0.6) is 0 Å². The van der Waals surface area contributed by atoms with Crippen molar-refractivity contribution in [3.8, 4) is 0 Å². The summed E-state index contributed by atoms with van der Waals surface area (Å²) in [5.74, 6) is 6.13. The number of ether oxygens (including phenoxy) is 1. The van der Waals surface area contributed by atoms with Crippen LogP contribution in [0.1, 0.15) is 6.42 Å². The Morgan fingerprint density at radius 3 is 2.85 bits per heavy atom. The number of hydrogen-bond donors (Lipinski definition) is 2. The van der Waals surface area contributed by atoms with Gasteiger partial charge in [0.2, 0.25) is 0 Å². The van der Waals surface area contributed by atoms with E-state index in [-0.39, 0.29) is 0 Å². The summed E-state index contributed by atoms with van der Waals surface area (Å²) in [7, 11) is 0. The zero-order chi connectivity index (χ0) is 9.84. The first-order valence-electron chi connectivity index (χ1n) is 4.02. The Hall–Kier alpha value is 0.0300. The molecule has 0 saturated carbocycles. The molecule has 1 fully saturated rings. The summed E-state index contributed by atoms with van der Waals surface area (Å²) in [6, 6.07) is 0. The van der Waals surface area contributed by atoms with Gasteiger partial charge in [0.05, 0.1) is 6.61 Å². The molecule has 1 aliphatic rings. The molecule has 0 radical (unpaired) electrons. The van der Waals surface area contributed by atoms with Crippen molar-refractivity contribution in [3.05, 3.63) is 9.76 Å². The van der Waals surface area contributed by atoms with Crippen LogP contribution in [0.4, 0.5) is 0 Å². The summed E-state index contributed by atoms with van der Waals surface area (Å²) < 4.78 is 5.57. The molecule has 0 spiro atoms. The lowest BCUT2D eigenvalue weighted by atomic mass is 10.1. The van der Waals surface area contributed by atoms with Crippen LogP contribution in [-0.4, -0.2) is 24.8 Å². The van der Waals surface area contributed by atoms with Gasteiger partial charge in [-0.1, -0.05) is 11.6 Å². The van der Waals surface area contributed by atoms with E-state index in [9.17, 15) is 0 Å². The molecule has 4 nitrogen and oxygen atoms in total. The minimum atomic E-state index is 0.340. The van der Waals surface area contributed by atoms with Crippen LogP contribution >= 0.6 is 27.5 Å². The van der Waals surface area contributed by atoms with E-state index in [1.165, 1.54) is 5.01 Å². The van der Waals surface area contributed by atoms with Crippen LogP contribution in [0.3, 0.4) is 0 Å². The Bertz CT molecular complexity index is 202. The van der Waals surface area contributed by atoms with Gasteiger partial charge in [-0.15, -0.1) is 0 Å². The topological polar surface area (TPSA) is 64.5 Å². The van der Waals surface area contributed by atoms with Crippen molar-refractivity contribution in [2.45, 2.75) is 6.42 Å². The van der Waals surface area contributed by atoms with Crippen LogP contribution in [0.2, 0.25) is 0 Å². The van der Waals surface area contributed by atoms with E-state index in [0.717, 1.165) is 19.6 Å². The molecule has 76 valence electrons. The summed E-state index contributed by atoms with van der Waals surface area (Å²) >= 11 is 8.87. The monoisotopic (exact) mass is 269 g/mol. The molecule has 1 atom stereocenters. The van der Waals surface area contributed by atoms with Crippen LogP contribution in [-0.2, 0) is 4.74 Å². The van der Waals surface area contributed by atoms with Crippen LogP contribution in [0, 0.1) is 5.92 Å². The Labute approximate surface area is 90.9 Å². The number of rotatable bonds is 3. The molecular formula is C7H13BrClN3O. The average Bonchev–Trinajstić information content (AvgIpc) is 2.55. The van der Waals surface area contributed by atoms with Crippen LogP contribution in [0.15, 0.2) is 9.76 Å². The van der Waals surface area contributed by atoms with Gasteiger partial charge in [-0.05, 0) is 22.4 Å². The van der Waals surface area contributed by atoms with Crippen LogP contribution in [0.25, 0.3) is 0 Å². The van der Waals surface area contributed by atoms with Gasteiger partial charge in [0, 0.05) is 19.1 Å². The highest BCUT2D eigenvalue weighted by Gasteiger charge is 2.19. The molecule has 1 unspecified atom stereocenters. The van der Waals surface area contributed by atoms with Gasteiger partial charge in [-0.2, -0.15) is 0 Å². The molecule has 13 heavy (non-hydrogen) atoms. The minimum Gasteiger partial charge on any atom is -0.391 e. The second kappa shape index (κ2) is 5.05. The third-order valence-electron chi connectivity index (χ3n) is 1.93. The Balaban J connectivity index is 2.40. The van der Waals surface area contributed by atoms with Gasteiger partial charge >= 0.3 is 0 Å². The molecule has 0 aliphatic carbocycles. The number of halogens is 2. The van der Waals surface area contributed by atoms with Crippen molar-refractivity contribution in [1.29, 1.82) is 0 Å². The van der Waals surface area contributed by atoms with Crippen molar-refractivity contribution in [1.82, 2.24) is 5.01 Å². The normalized spacial score (nSPS) is 24.4. The largest absolute Gasteiger partial charge is 0.391 e. The van der Waals surface area contributed by atoms with Gasteiger partial charge in [0.1, 0.15) is 9.76 Å². The fourth-order valence-corrected chi connectivity index (χ4v) is 1.52. The van der Waals surface area contributed by atoms with E-state index in [2.05, 4.69) is 15.9 Å². The average molecular weight is 271 g/mol. The fraction of sp³-hybridized carbons (Fsp3) is 0.714. The lowest BCUT2D eigenvalue weighted by Crippen LogP contribution is -2.34. The minimum absolute atomic E-state index is 0.340. The lowest BCUT2D eigenvalue weighted by Gasteiger charge is -2.20. The number of nitrogens with two attached hydrogens (primary N) is 2. The third kappa shape index (κ3) is 3.34. The number of hydrazine groups is 1.